The normalized spacial score (nSPS) is 10.2. The number of carbonyl (C=O) groups is 1. The zero-order chi connectivity index (χ0) is 14.5. The first-order chi connectivity index (χ1) is 9.54. The molecule has 0 heterocycles. The zero-order valence-corrected chi connectivity index (χ0v) is 13.1. The highest BCUT2D eigenvalue weighted by Crippen LogP contribution is 2.17. The van der Waals surface area contributed by atoms with E-state index in [0.717, 1.165) is 21.4 Å². The van der Waals surface area contributed by atoms with E-state index in [-0.39, 0.29) is 12.5 Å². The topological polar surface area (TPSA) is 41.1 Å². The van der Waals surface area contributed by atoms with Crippen LogP contribution in [-0.4, -0.2) is 12.5 Å². The minimum atomic E-state index is -0.0584. The van der Waals surface area contributed by atoms with E-state index in [9.17, 15) is 4.79 Å². The van der Waals surface area contributed by atoms with E-state index < -0.39 is 0 Å². The SMILES string of the molecule is Cc1ccc(NC(=O)CNc2cccc(Br)c2)c(C)c1. The van der Waals surface area contributed by atoms with Gasteiger partial charge < -0.3 is 10.6 Å². The van der Waals surface area contributed by atoms with Crippen LogP contribution in [0, 0.1) is 13.8 Å². The highest BCUT2D eigenvalue weighted by atomic mass is 79.9. The third-order valence-electron chi connectivity index (χ3n) is 2.93. The Kier molecular flexibility index (Phi) is 4.79. The lowest BCUT2D eigenvalue weighted by Crippen LogP contribution is -2.22. The summed E-state index contributed by atoms with van der Waals surface area (Å²) < 4.78 is 0.984. The summed E-state index contributed by atoms with van der Waals surface area (Å²) in [4.78, 5) is 11.9. The molecule has 0 saturated heterocycles. The van der Waals surface area contributed by atoms with Crippen LogP contribution >= 0.6 is 15.9 Å². The largest absolute Gasteiger partial charge is 0.376 e. The molecule has 0 aliphatic carbocycles. The van der Waals surface area contributed by atoms with Gasteiger partial charge in [0, 0.05) is 15.8 Å². The van der Waals surface area contributed by atoms with Crippen molar-refractivity contribution in [2.75, 3.05) is 17.2 Å². The highest BCUT2D eigenvalue weighted by Gasteiger charge is 2.04. The van der Waals surface area contributed by atoms with Crippen molar-refractivity contribution < 1.29 is 4.79 Å². The van der Waals surface area contributed by atoms with Crippen LogP contribution in [0.25, 0.3) is 0 Å². The number of anilines is 2. The van der Waals surface area contributed by atoms with E-state index in [1.807, 2.05) is 50.2 Å². The van der Waals surface area contributed by atoms with Crippen LogP contribution < -0.4 is 10.6 Å². The number of rotatable bonds is 4. The number of nitrogens with one attached hydrogen (secondary N) is 2. The Balaban J connectivity index is 1.92. The molecule has 2 aromatic carbocycles. The second-order valence-corrected chi connectivity index (χ2v) is 5.65. The molecular formula is C16H17BrN2O. The molecule has 0 unspecified atom stereocenters. The van der Waals surface area contributed by atoms with Crippen molar-refractivity contribution in [2.24, 2.45) is 0 Å². The molecule has 0 atom stereocenters. The van der Waals surface area contributed by atoms with E-state index in [2.05, 4.69) is 32.6 Å². The molecule has 0 saturated carbocycles. The van der Waals surface area contributed by atoms with Crippen LogP contribution in [0.15, 0.2) is 46.9 Å². The molecule has 0 aliphatic rings. The number of carbonyl (C=O) groups excluding carboxylic acids is 1. The minimum Gasteiger partial charge on any atom is -0.376 e. The van der Waals surface area contributed by atoms with Gasteiger partial charge in [-0.3, -0.25) is 4.79 Å². The number of hydrogen-bond donors (Lipinski definition) is 2. The lowest BCUT2D eigenvalue weighted by atomic mass is 10.1. The van der Waals surface area contributed by atoms with Crippen LogP contribution in [0.1, 0.15) is 11.1 Å². The molecule has 2 rings (SSSR count). The Morgan fingerprint density at radius 1 is 1.15 bits per heavy atom. The van der Waals surface area contributed by atoms with Crippen molar-refractivity contribution in [3.63, 3.8) is 0 Å². The first-order valence-corrected chi connectivity index (χ1v) is 7.20. The van der Waals surface area contributed by atoms with Gasteiger partial charge >= 0.3 is 0 Å². The number of hydrogen-bond acceptors (Lipinski definition) is 2. The van der Waals surface area contributed by atoms with Crippen LogP contribution in [0.2, 0.25) is 0 Å². The summed E-state index contributed by atoms with van der Waals surface area (Å²) in [6.45, 7) is 4.27. The van der Waals surface area contributed by atoms with Gasteiger partial charge in [0.15, 0.2) is 0 Å². The lowest BCUT2D eigenvalue weighted by molar-refractivity contribution is -0.114. The molecule has 20 heavy (non-hydrogen) atoms. The van der Waals surface area contributed by atoms with Gasteiger partial charge in [0.1, 0.15) is 0 Å². The van der Waals surface area contributed by atoms with Crippen molar-refractivity contribution >= 4 is 33.2 Å². The lowest BCUT2D eigenvalue weighted by Gasteiger charge is -2.10. The average molecular weight is 333 g/mol. The molecule has 2 aromatic rings. The molecule has 0 aliphatic heterocycles. The Bertz CT molecular complexity index is 626. The maximum absolute atomic E-state index is 11.9. The second kappa shape index (κ2) is 6.57. The van der Waals surface area contributed by atoms with E-state index in [1.165, 1.54) is 5.56 Å². The summed E-state index contributed by atoms with van der Waals surface area (Å²) >= 11 is 3.40. The van der Waals surface area contributed by atoms with Gasteiger partial charge in [0.05, 0.1) is 6.54 Å². The predicted molar refractivity (Wildman–Crippen MR) is 87.2 cm³/mol. The maximum Gasteiger partial charge on any atom is 0.243 e. The molecule has 4 heteroatoms. The number of benzene rings is 2. The monoisotopic (exact) mass is 332 g/mol. The van der Waals surface area contributed by atoms with E-state index in [1.54, 1.807) is 0 Å². The van der Waals surface area contributed by atoms with E-state index in [4.69, 9.17) is 0 Å². The number of halogens is 1. The van der Waals surface area contributed by atoms with Gasteiger partial charge in [-0.2, -0.15) is 0 Å². The minimum absolute atomic E-state index is 0.0584. The van der Waals surface area contributed by atoms with Crippen molar-refractivity contribution in [1.29, 1.82) is 0 Å². The van der Waals surface area contributed by atoms with Gasteiger partial charge in [-0.05, 0) is 43.7 Å². The van der Waals surface area contributed by atoms with Crippen molar-refractivity contribution in [1.82, 2.24) is 0 Å². The molecule has 2 N–H and O–H groups in total. The predicted octanol–water partition coefficient (Wildman–Crippen LogP) is 4.12. The van der Waals surface area contributed by atoms with Gasteiger partial charge in [-0.25, -0.2) is 0 Å². The van der Waals surface area contributed by atoms with Crippen LogP contribution in [0.3, 0.4) is 0 Å². The molecule has 0 fully saturated rings. The summed E-state index contributed by atoms with van der Waals surface area (Å²) in [5.41, 5.74) is 4.03. The van der Waals surface area contributed by atoms with Gasteiger partial charge in [0.25, 0.3) is 0 Å². The summed E-state index contributed by atoms with van der Waals surface area (Å²) in [7, 11) is 0. The van der Waals surface area contributed by atoms with Gasteiger partial charge in [-0.1, -0.05) is 39.7 Å². The number of aryl methyl sites for hydroxylation is 2. The molecule has 0 aromatic heterocycles. The molecule has 0 radical (unpaired) electrons. The van der Waals surface area contributed by atoms with Gasteiger partial charge in [-0.15, -0.1) is 0 Å². The maximum atomic E-state index is 11.9. The second-order valence-electron chi connectivity index (χ2n) is 4.73. The summed E-state index contributed by atoms with van der Waals surface area (Å²) in [5.74, 6) is -0.0584. The van der Waals surface area contributed by atoms with Crippen molar-refractivity contribution in [2.45, 2.75) is 13.8 Å². The molecule has 0 spiro atoms. The summed E-state index contributed by atoms with van der Waals surface area (Å²) in [5, 5.41) is 6.00. The quantitative estimate of drug-likeness (QED) is 0.884. The van der Waals surface area contributed by atoms with E-state index >= 15 is 0 Å². The zero-order valence-electron chi connectivity index (χ0n) is 11.5. The van der Waals surface area contributed by atoms with E-state index in [0.29, 0.717) is 0 Å². The van der Waals surface area contributed by atoms with Crippen LogP contribution in [-0.2, 0) is 4.79 Å². The third kappa shape index (κ3) is 4.10. The first-order valence-electron chi connectivity index (χ1n) is 6.41. The standard InChI is InChI=1S/C16H17BrN2O/c1-11-6-7-15(12(2)8-11)19-16(20)10-18-14-5-3-4-13(17)9-14/h3-9,18H,10H2,1-2H3,(H,19,20). The fourth-order valence-corrected chi connectivity index (χ4v) is 2.33. The Morgan fingerprint density at radius 3 is 2.65 bits per heavy atom. The van der Waals surface area contributed by atoms with Gasteiger partial charge in [0.2, 0.25) is 5.91 Å². The third-order valence-corrected chi connectivity index (χ3v) is 3.43. The first kappa shape index (κ1) is 14.6. The molecular weight excluding hydrogens is 316 g/mol. The fourth-order valence-electron chi connectivity index (χ4n) is 1.93. The highest BCUT2D eigenvalue weighted by molar-refractivity contribution is 9.10. The Morgan fingerprint density at radius 2 is 1.95 bits per heavy atom. The molecule has 104 valence electrons. The Labute approximate surface area is 127 Å². The molecule has 0 bridgehead atoms. The molecule has 1 amide bonds. The summed E-state index contributed by atoms with van der Waals surface area (Å²) in [6, 6.07) is 13.7. The van der Waals surface area contributed by atoms with Crippen LogP contribution in [0.5, 0.6) is 0 Å². The van der Waals surface area contributed by atoms with Crippen molar-refractivity contribution in [3.8, 4) is 0 Å². The number of amides is 1. The fraction of sp³-hybridized carbons (Fsp3) is 0.188. The molecule has 3 nitrogen and oxygen atoms in total. The summed E-state index contributed by atoms with van der Waals surface area (Å²) in [6.07, 6.45) is 0. The van der Waals surface area contributed by atoms with Crippen molar-refractivity contribution in [3.05, 3.63) is 58.1 Å². The van der Waals surface area contributed by atoms with Crippen LogP contribution in [0.4, 0.5) is 11.4 Å². The smallest absolute Gasteiger partial charge is 0.243 e. The average Bonchev–Trinajstić information content (AvgIpc) is 2.40. The Hall–Kier alpha value is -1.81.